The zero-order chi connectivity index (χ0) is 19.4. The molecule has 5 nitrogen and oxygen atoms in total. The van der Waals surface area contributed by atoms with Crippen molar-refractivity contribution in [2.24, 2.45) is 16.6 Å². The number of fused-ring (bicyclic) bond motifs is 4. The number of hydrogen-bond acceptors (Lipinski definition) is 5. The van der Waals surface area contributed by atoms with Crippen molar-refractivity contribution in [1.29, 1.82) is 0 Å². The highest BCUT2D eigenvalue weighted by Crippen LogP contribution is 2.54. The first-order valence-electron chi connectivity index (χ1n) is 9.14. The Bertz CT molecular complexity index is 813. The van der Waals surface area contributed by atoms with E-state index >= 15 is 0 Å². The highest BCUT2D eigenvalue weighted by Gasteiger charge is 2.54. The van der Waals surface area contributed by atoms with E-state index < -0.39 is 17.1 Å². The number of amidine groups is 1. The molecular weight excluding hydrogens is 433 g/mol. The number of hydrogen-bond donors (Lipinski definition) is 2. The van der Waals surface area contributed by atoms with Gasteiger partial charge in [-0.1, -0.05) is 27.7 Å². The highest BCUT2D eigenvalue weighted by atomic mass is 79.9. The van der Waals surface area contributed by atoms with Crippen LogP contribution in [0.5, 0.6) is 5.75 Å². The maximum atomic E-state index is 14.0. The van der Waals surface area contributed by atoms with Crippen LogP contribution < -0.4 is 15.8 Å². The van der Waals surface area contributed by atoms with Crippen LogP contribution >= 0.6 is 27.7 Å². The molecule has 1 amide bonds. The van der Waals surface area contributed by atoms with Gasteiger partial charge >= 0.3 is 0 Å². The fraction of sp³-hybridized carbons (Fsp3) is 0.579. The third-order valence-electron chi connectivity index (χ3n) is 5.71. The van der Waals surface area contributed by atoms with E-state index in [0.717, 1.165) is 34.4 Å². The van der Waals surface area contributed by atoms with Crippen molar-refractivity contribution in [2.45, 2.75) is 56.5 Å². The van der Waals surface area contributed by atoms with Crippen molar-refractivity contribution >= 4 is 38.8 Å². The molecule has 146 valence electrons. The van der Waals surface area contributed by atoms with E-state index in [1.165, 1.54) is 13.8 Å². The molecule has 2 aliphatic heterocycles. The lowest BCUT2D eigenvalue weighted by atomic mass is 9.67. The quantitative estimate of drug-likeness (QED) is 0.715. The lowest BCUT2D eigenvalue weighted by Crippen LogP contribution is -2.55. The maximum Gasteiger partial charge on any atom is 0.257 e. The minimum absolute atomic E-state index is 0.0143. The summed E-state index contributed by atoms with van der Waals surface area (Å²) < 4.78 is 21.2. The van der Waals surface area contributed by atoms with Crippen LogP contribution in [0, 0.1) is 5.92 Å². The number of nitrogens with two attached hydrogens (primary N) is 1. The van der Waals surface area contributed by atoms with Gasteiger partial charge in [0.1, 0.15) is 17.4 Å². The number of aliphatic imine (C=N–C) groups is 1. The molecule has 27 heavy (non-hydrogen) atoms. The summed E-state index contributed by atoms with van der Waals surface area (Å²) in [7, 11) is 0. The lowest BCUT2D eigenvalue weighted by Gasteiger charge is -2.48. The summed E-state index contributed by atoms with van der Waals surface area (Å²) >= 11 is 5.11. The first-order valence-corrected chi connectivity index (χ1v) is 10.9. The number of carbonyl (C=O) groups excluding carboxylic acids is 1. The zero-order valence-corrected chi connectivity index (χ0v) is 17.7. The summed E-state index contributed by atoms with van der Waals surface area (Å²) in [6.07, 6.45) is 2.26. The van der Waals surface area contributed by atoms with Crippen LogP contribution in [0.1, 0.15) is 38.7 Å². The number of ether oxygens (including phenoxy) is 1. The van der Waals surface area contributed by atoms with Gasteiger partial charge in [0.2, 0.25) is 0 Å². The fourth-order valence-electron chi connectivity index (χ4n) is 4.35. The molecule has 8 heteroatoms. The van der Waals surface area contributed by atoms with E-state index in [1.54, 1.807) is 11.8 Å². The second-order valence-electron chi connectivity index (χ2n) is 8.02. The minimum atomic E-state index is -1.89. The van der Waals surface area contributed by atoms with Gasteiger partial charge in [-0.2, -0.15) is 0 Å². The summed E-state index contributed by atoms with van der Waals surface area (Å²) in [5, 5.41) is 3.46. The van der Waals surface area contributed by atoms with Gasteiger partial charge in [-0.25, -0.2) is 9.38 Å². The van der Waals surface area contributed by atoms with Crippen molar-refractivity contribution in [3.05, 3.63) is 28.2 Å². The molecular formula is C19H23BrFN3O2S. The Hall–Kier alpha value is -1.28. The normalized spacial score (nSPS) is 32.3. The number of halogens is 2. The molecule has 2 heterocycles. The van der Waals surface area contributed by atoms with Crippen molar-refractivity contribution in [3.63, 3.8) is 0 Å². The van der Waals surface area contributed by atoms with Gasteiger partial charge in [0.15, 0.2) is 10.8 Å². The van der Waals surface area contributed by atoms with Crippen LogP contribution in [0.15, 0.2) is 27.7 Å². The van der Waals surface area contributed by atoms with Crippen LogP contribution in [0.3, 0.4) is 0 Å². The number of thioether (sulfide) groups is 1. The van der Waals surface area contributed by atoms with Crippen LogP contribution in [0.25, 0.3) is 0 Å². The van der Waals surface area contributed by atoms with E-state index in [1.807, 2.05) is 12.1 Å². The molecule has 1 aromatic carbocycles. The van der Waals surface area contributed by atoms with Crippen LogP contribution in [0.4, 0.5) is 4.39 Å². The van der Waals surface area contributed by atoms with Crippen molar-refractivity contribution in [3.8, 4) is 5.75 Å². The Morgan fingerprint density at radius 3 is 2.93 bits per heavy atom. The predicted octanol–water partition coefficient (Wildman–Crippen LogP) is 3.50. The summed E-state index contributed by atoms with van der Waals surface area (Å²) in [6, 6.07) is 5.91. The molecule has 1 aromatic rings. The van der Waals surface area contributed by atoms with Gasteiger partial charge < -0.3 is 15.8 Å². The van der Waals surface area contributed by atoms with Crippen molar-refractivity contribution < 1.29 is 13.9 Å². The van der Waals surface area contributed by atoms with Crippen molar-refractivity contribution in [2.75, 3.05) is 5.75 Å². The first-order chi connectivity index (χ1) is 12.7. The molecule has 1 fully saturated rings. The number of amides is 1. The Morgan fingerprint density at radius 2 is 2.26 bits per heavy atom. The van der Waals surface area contributed by atoms with Gasteiger partial charge in [-0.3, -0.25) is 4.79 Å². The van der Waals surface area contributed by atoms with E-state index in [9.17, 15) is 9.18 Å². The molecule has 0 bridgehead atoms. The van der Waals surface area contributed by atoms with E-state index in [-0.39, 0.29) is 18.1 Å². The molecule has 0 saturated heterocycles. The summed E-state index contributed by atoms with van der Waals surface area (Å²) in [5.74, 6) is 1.12. The van der Waals surface area contributed by atoms with E-state index in [4.69, 9.17) is 15.5 Å². The van der Waals surface area contributed by atoms with Crippen molar-refractivity contribution in [1.82, 2.24) is 5.32 Å². The van der Waals surface area contributed by atoms with Gasteiger partial charge in [0.05, 0.1) is 0 Å². The predicted molar refractivity (Wildman–Crippen MR) is 109 cm³/mol. The molecule has 1 aliphatic carbocycles. The van der Waals surface area contributed by atoms with Gasteiger partial charge in [-0.05, 0) is 51.3 Å². The Labute approximate surface area is 170 Å². The number of carbonyl (C=O) groups is 1. The maximum absolute atomic E-state index is 14.0. The number of benzene rings is 1. The Morgan fingerprint density at radius 1 is 1.48 bits per heavy atom. The first kappa shape index (κ1) is 19.1. The minimum Gasteiger partial charge on any atom is -0.490 e. The molecule has 1 unspecified atom stereocenters. The molecule has 1 saturated carbocycles. The topological polar surface area (TPSA) is 76.7 Å². The number of alkyl halides is 1. The molecule has 1 spiro atoms. The Kier molecular flexibility index (Phi) is 4.70. The van der Waals surface area contributed by atoms with Crippen LogP contribution in [-0.4, -0.2) is 34.6 Å². The third kappa shape index (κ3) is 3.35. The molecule has 0 aromatic heterocycles. The average Bonchev–Trinajstić information content (AvgIpc) is 2.98. The SMILES string of the molecule is CC(C)(F)C(=O)N[C@H]1CC[C@@H]2Oc3ccc(Br)cc3C3(CSC(N)=N3)[C@H]2C1. The third-order valence-corrected chi connectivity index (χ3v) is 7.18. The molecule has 3 aliphatic rings. The summed E-state index contributed by atoms with van der Waals surface area (Å²) in [5.41, 5.74) is 4.75. The molecule has 4 rings (SSSR count). The highest BCUT2D eigenvalue weighted by molar-refractivity contribution is 9.10. The molecule has 0 radical (unpaired) electrons. The fourth-order valence-corrected chi connectivity index (χ4v) is 5.74. The van der Waals surface area contributed by atoms with Gasteiger partial charge in [0, 0.05) is 27.7 Å². The average molecular weight is 456 g/mol. The van der Waals surface area contributed by atoms with Gasteiger partial charge in [0.25, 0.3) is 5.91 Å². The Balaban J connectivity index is 1.68. The zero-order valence-electron chi connectivity index (χ0n) is 15.3. The number of rotatable bonds is 2. The van der Waals surface area contributed by atoms with E-state index in [0.29, 0.717) is 11.6 Å². The smallest absolute Gasteiger partial charge is 0.257 e. The van der Waals surface area contributed by atoms with Gasteiger partial charge in [-0.15, -0.1) is 0 Å². The largest absolute Gasteiger partial charge is 0.490 e. The summed E-state index contributed by atoms with van der Waals surface area (Å²) in [4.78, 5) is 17.0. The number of nitrogens with zero attached hydrogens (tertiary/aromatic N) is 1. The second-order valence-corrected chi connectivity index (χ2v) is 9.93. The molecule has 4 atom stereocenters. The van der Waals surface area contributed by atoms with Crippen LogP contribution in [-0.2, 0) is 10.3 Å². The van der Waals surface area contributed by atoms with E-state index in [2.05, 4.69) is 27.3 Å². The molecule has 3 N–H and O–H groups in total. The lowest BCUT2D eigenvalue weighted by molar-refractivity contribution is -0.132. The standard InChI is InChI=1S/C19H23BrFN3O2S/c1-18(2,21)16(25)23-11-4-6-15-13(8-11)19(9-27-17(22)24-19)12-7-10(20)3-5-14(12)26-15/h3,5,7,11,13,15H,4,6,8-9H2,1-2H3,(H2,22,24)(H,23,25)/t11-,13-,15-,19?/m0/s1. The monoisotopic (exact) mass is 455 g/mol. The second kappa shape index (κ2) is 6.65. The summed E-state index contributed by atoms with van der Waals surface area (Å²) in [6.45, 7) is 2.57. The number of nitrogens with one attached hydrogen (secondary N) is 1. The van der Waals surface area contributed by atoms with Crippen LogP contribution in [0.2, 0.25) is 0 Å².